The molecule has 0 fully saturated rings. The maximum Gasteiger partial charge on any atom is -0.00884 e. The zero-order chi connectivity index (χ0) is 15.5. The van der Waals surface area contributed by atoms with E-state index in [0.29, 0.717) is 0 Å². The highest BCUT2D eigenvalue weighted by atomic mass is 14.0. The second kappa shape index (κ2) is 9.36. The predicted molar refractivity (Wildman–Crippen MR) is 98.5 cm³/mol. The summed E-state index contributed by atoms with van der Waals surface area (Å²) in [6.45, 7) is 2.03. The van der Waals surface area contributed by atoms with Crippen molar-refractivity contribution in [3.8, 4) is 0 Å². The minimum absolute atomic E-state index is 0.924. The van der Waals surface area contributed by atoms with E-state index in [9.17, 15) is 0 Å². The number of benzene rings is 2. The maximum atomic E-state index is 2.20. The smallest absolute Gasteiger partial charge is 0.00884 e. The van der Waals surface area contributed by atoms with Gasteiger partial charge < -0.3 is 0 Å². The molecule has 0 aliphatic carbocycles. The molecule has 0 saturated heterocycles. The van der Waals surface area contributed by atoms with Crippen molar-refractivity contribution in [1.29, 1.82) is 0 Å². The Morgan fingerprint density at radius 3 is 2.18 bits per heavy atom. The minimum Gasteiger partial charge on any atom is -0.0877 e. The molecule has 22 heavy (non-hydrogen) atoms. The molecule has 0 atom stereocenters. The largest absolute Gasteiger partial charge is 0.0877 e. The number of hydrogen-bond donors (Lipinski definition) is 0. The summed E-state index contributed by atoms with van der Waals surface area (Å²) >= 11 is 0. The Morgan fingerprint density at radius 2 is 1.50 bits per heavy atom. The first-order valence-electron chi connectivity index (χ1n) is 7.65. The summed E-state index contributed by atoms with van der Waals surface area (Å²) in [6.07, 6.45) is 15.8. The first-order valence-corrected chi connectivity index (χ1v) is 7.65. The standard InChI is InChI=1S/C22H22/c1-2-3-4-9-16-22(21-17-10-6-11-18-21)19-12-15-20-13-7-5-8-14-20/h2-15,17-19H,16H2,1H3. The van der Waals surface area contributed by atoms with Crippen molar-refractivity contribution < 1.29 is 0 Å². The Labute approximate surface area is 133 Å². The normalized spacial score (nSPS) is 12.7. The molecule has 0 aliphatic heterocycles. The van der Waals surface area contributed by atoms with Crippen LogP contribution in [0.15, 0.2) is 97.1 Å². The molecular formula is C22H22. The van der Waals surface area contributed by atoms with E-state index in [1.54, 1.807) is 0 Å². The highest BCUT2D eigenvalue weighted by Gasteiger charge is 1.97. The van der Waals surface area contributed by atoms with Crippen LogP contribution in [-0.2, 0) is 0 Å². The van der Waals surface area contributed by atoms with Gasteiger partial charge in [-0.05, 0) is 30.0 Å². The van der Waals surface area contributed by atoms with Gasteiger partial charge >= 0.3 is 0 Å². The van der Waals surface area contributed by atoms with Gasteiger partial charge in [-0.1, -0.05) is 103 Å². The average molecular weight is 286 g/mol. The van der Waals surface area contributed by atoms with Gasteiger partial charge in [0.15, 0.2) is 0 Å². The number of rotatable bonds is 6. The molecule has 0 heteroatoms. The van der Waals surface area contributed by atoms with Gasteiger partial charge in [-0.3, -0.25) is 0 Å². The van der Waals surface area contributed by atoms with Gasteiger partial charge in [-0.25, -0.2) is 0 Å². The van der Waals surface area contributed by atoms with Gasteiger partial charge in [0.25, 0.3) is 0 Å². The molecule has 0 nitrogen and oxygen atoms in total. The summed E-state index contributed by atoms with van der Waals surface area (Å²) in [4.78, 5) is 0. The number of hydrogen-bond acceptors (Lipinski definition) is 0. The van der Waals surface area contributed by atoms with Crippen LogP contribution in [0.4, 0.5) is 0 Å². The van der Waals surface area contributed by atoms with E-state index >= 15 is 0 Å². The Hall–Kier alpha value is -2.60. The van der Waals surface area contributed by atoms with Gasteiger partial charge in [0.2, 0.25) is 0 Å². The van der Waals surface area contributed by atoms with E-state index in [-0.39, 0.29) is 0 Å². The summed E-state index contributed by atoms with van der Waals surface area (Å²) in [7, 11) is 0. The van der Waals surface area contributed by atoms with Crippen LogP contribution in [0, 0.1) is 0 Å². The lowest BCUT2D eigenvalue weighted by Crippen LogP contribution is -1.82. The van der Waals surface area contributed by atoms with Crippen molar-refractivity contribution in [1.82, 2.24) is 0 Å². The van der Waals surface area contributed by atoms with E-state index in [2.05, 4.69) is 91.1 Å². The van der Waals surface area contributed by atoms with Crippen LogP contribution < -0.4 is 0 Å². The molecule has 0 radical (unpaired) electrons. The fraction of sp³-hybridized carbons (Fsp3) is 0.0909. The van der Waals surface area contributed by atoms with E-state index in [1.165, 1.54) is 16.7 Å². The lowest BCUT2D eigenvalue weighted by molar-refractivity contribution is 1.39. The van der Waals surface area contributed by atoms with Crippen molar-refractivity contribution in [2.24, 2.45) is 0 Å². The third-order valence-corrected chi connectivity index (χ3v) is 3.31. The topological polar surface area (TPSA) is 0 Å². The fourth-order valence-corrected chi connectivity index (χ4v) is 2.16. The predicted octanol–water partition coefficient (Wildman–Crippen LogP) is 6.31. The molecule has 0 amide bonds. The third-order valence-electron chi connectivity index (χ3n) is 3.31. The lowest BCUT2D eigenvalue weighted by Gasteiger charge is -2.04. The molecule has 0 bridgehead atoms. The first-order chi connectivity index (χ1) is 10.9. The van der Waals surface area contributed by atoms with Crippen LogP contribution in [0.2, 0.25) is 0 Å². The molecule has 0 spiro atoms. The van der Waals surface area contributed by atoms with Crippen molar-refractivity contribution in [3.63, 3.8) is 0 Å². The van der Waals surface area contributed by atoms with E-state index in [4.69, 9.17) is 0 Å². The fourth-order valence-electron chi connectivity index (χ4n) is 2.16. The molecule has 2 aromatic rings. The van der Waals surface area contributed by atoms with Crippen molar-refractivity contribution >= 4 is 11.6 Å². The summed E-state index contributed by atoms with van der Waals surface area (Å²) in [6, 6.07) is 20.9. The van der Waals surface area contributed by atoms with Gasteiger partial charge in [0.1, 0.15) is 0 Å². The average Bonchev–Trinajstić information content (AvgIpc) is 2.59. The highest BCUT2D eigenvalue weighted by molar-refractivity contribution is 5.69. The summed E-state index contributed by atoms with van der Waals surface area (Å²) < 4.78 is 0. The summed E-state index contributed by atoms with van der Waals surface area (Å²) in [5.74, 6) is 0. The molecule has 0 saturated carbocycles. The molecule has 110 valence electrons. The minimum atomic E-state index is 0.924. The third kappa shape index (κ3) is 5.41. The van der Waals surface area contributed by atoms with Crippen LogP contribution >= 0.6 is 0 Å². The van der Waals surface area contributed by atoms with Crippen LogP contribution in [0.25, 0.3) is 11.6 Å². The monoisotopic (exact) mass is 286 g/mol. The van der Waals surface area contributed by atoms with Crippen molar-refractivity contribution in [2.45, 2.75) is 13.3 Å². The number of allylic oxidation sites excluding steroid dienone is 7. The molecule has 0 unspecified atom stereocenters. The molecule has 0 aliphatic rings. The molecule has 2 rings (SSSR count). The summed E-state index contributed by atoms with van der Waals surface area (Å²) in [5.41, 5.74) is 3.80. The van der Waals surface area contributed by atoms with Crippen LogP contribution in [0.3, 0.4) is 0 Å². The second-order valence-electron chi connectivity index (χ2n) is 4.99. The molecule has 2 aromatic carbocycles. The van der Waals surface area contributed by atoms with E-state index < -0.39 is 0 Å². The Kier molecular flexibility index (Phi) is 6.71. The maximum absolute atomic E-state index is 2.20. The first kappa shape index (κ1) is 15.8. The van der Waals surface area contributed by atoms with Gasteiger partial charge in [-0.15, -0.1) is 0 Å². The van der Waals surface area contributed by atoms with Gasteiger partial charge in [0.05, 0.1) is 0 Å². The van der Waals surface area contributed by atoms with Crippen molar-refractivity contribution in [3.05, 3.63) is 108 Å². The van der Waals surface area contributed by atoms with Crippen molar-refractivity contribution in [2.75, 3.05) is 0 Å². The van der Waals surface area contributed by atoms with E-state index in [1.807, 2.05) is 19.1 Å². The zero-order valence-electron chi connectivity index (χ0n) is 13.0. The van der Waals surface area contributed by atoms with E-state index in [0.717, 1.165) is 6.42 Å². The summed E-state index contributed by atoms with van der Waals surface area (Å²) in [5, 5.41) is 0. The SMILES string of the molecule is CC=CC=CCC(=CC=Cc1ccccc1)c1ccccc1. The Morgan fingerprint density at radius 1 is 0.818 bits per heavy atom. The molecule has 0 heterocycles. The van der Waals surface area contributed by atoms with Gasteiger partial charge in [-0.2, -0.15) is 0 Å². The Balaban J connectivity index is 2.16. The molecule has 0 N–H and O–H groups in total. The quantitative estimate of drug-likeness (QED) is 0.546. The second-order valence-corrected chi connectivity index (χ2v) is 4.99. The Bertz CT molecular complexity index is 656. The zero-order valence-corrected chi connectivity index (χ0v) is 13.0. The van der Waals surface area contributed by atoms with Gasteiger partial charge in [0, 0.05) is 0 Å². The molecule has 0 aromatic heterocycles. The highest BCUT2D eigenvalue weighted by Crippen LogP contribution is 2.19. The van der Waals surface area contributed by atoms with Crippen LogP contribution in [-0.4, -0.2) is 0 Å². The van der Waals surface area contributed by atoms with Crippen LogP contribution in [0.5, 0.6) is 0 Å². The molecular weight excluding hydrogens is 264 g/mol. The lowest BCUT2D eigenvalue weighted by atomic mass is 10.0. The van der Waals surface area contributed by atoms with Crippen LogP contribution in [0.1, 0.15) is 24.5 Å².